The summed E-state index contributed by atoms with van der Waals surface area (Å²) in [5.41, 5.74) is 2.03. The van der Waals surface area contributed by atoms with E-state index in [4.69, 9.17) is 0 Å². The molecule has 0 aromatic heterocycles. The molecule has 0 bridgehead atoms. The molecule has 6 nitrogen and oxygen atoms in total. The van der Waals surface area contributed by atoms with E-state index >= 15 is 0 Å². The second-order valence-corrected chi connectivity index (χ2v) is 1.93. The van der Waals surface area contributed by atoms with Crippen molar-refractivity contribution in [2.75, 3.05) is 0 Å². The number of rotatable bonds is 0. The number of amidine groups is 1. The second kappa shape index (κ2) is 1.82. The molecular weight excluding hydrogens is 148 g/mol. The quantitative estimate of drug-likeness (QED) is 0.425. The van der Waals surface area contributed by atoms with E-state index in [2.05, 4.69) is 15.1 Å². The van der Waals surface area contributed by atoms with E-state index < -0.39 is 11.7 Å². The predicted molar refractivity (Wildman–Crippen MR) is 36.5 cm³/mol. The summed E-state index contributed by atoms with van der Waals surface area (Å²) in [7, 11) is 0. The third-order valence-corrected chi connectivity index (χ3v) is 1.26. The maximum Gasteiger partial charge on any atom is 0.314 e. The summed E-state index contributed by atoms with van der Waals surface area (Å²) in [6.07, 6.45) is 1.19. The van der Waals surface area contributed by atoms with Crippen molar-refractivity contribution >= 4 is 29.6 Å². The fourth-order valence-electron chi connectivity index (χ4n) is 0.764. The van der Waals surface area contributed by atoms with Gasteiger partial charge in [-0.1, -0.05) is 0 Å². The highest BCUT2D eigenvalue weighted by atomic mass is 16.2. The molecule has 1 N–H and O–H groups in total. The lowest BCUT2D eigenvalue weighted by Gasteiger charge is -2.04. The minimum atomic E-state index is -0.766. The Morgan fingerprint density at radius 1 is 1.36 bits per heavy atom. The van der Waals surface area contributed by atoms with Gasteiger partial charge in [0.2, 0.25) is 5.84 Å². The summed E-state index contributed by atoms with van der Waals surface area (Å²) < 4.78 is 0. The second-order valence-electron chi connectivity index (χ2n) is 1.93. The molecule has 0 saturated carbocycles. The maximum absolute atomic E-state index is 10.9. The van der Waals surface area contributed by atoms with Gasteiger partial charge in [-0.3, -0.25) is 9.59 Å². The molecule has 0 atom stereocenters. The molecule has 0 aromatic carbocycles. The number of nitrogens with zero attached hydrogens (tertiary/aromatic N) is 3. The fraction of sp³-hybridized carbons (Fsp3) is 0. The Labute approximate surface area is 60.7 Å². The molecule has 0 saturated heterocycles. The Bertz CT molecular complexity index is 338. The first-order valence-electron chi connectivity index (χ1n) is 2.82. The highest BCUT2D eigenvalue weighted by Crippen LogP contribution is 1.99. The SMILES string of the molecule is O=C1NN=C2N=CN=C2C1=O. The number of ketones is 1. The molecular formula is C5H2N4O2. The first kappa shape index (κ1) is 5.90. The molecule has 11 heavy (non-hydrogen) atoms. The van der Waals surface area contributed by atoms with Gasteiger partial charge < -0.3 is 0 Å². The van der Waals surface area contributed by atoms with Gasteiger partial charge in [-0.25, -0.2) is 15.4 Å². The molecule has 0 aromatic rings. The van der Waals surface area contributed by atoms with Crippen LogP contribution in [0.3, 0.4) is 0 Å². The van der Waals surface area contributed by atoms with Gasteiger partial charge in [-0.05, 0) is 0 Å². The average molecular weight is 150 g/mol. The van der Waals surface area contributed by atoms with E-state index in [0.717, 1.165) is 0 Å². The normalized spacial score (nSPS) is 20.7. The molecule has 0 spiro atoms. The Balaban J connectivity index is 2.52. The molecule has 6 heteroatoms. The van der Waals surface area contributed by atoms with Crippen molar-refractivity contribution in [3.05, 3.63) is 0 Å². The fourth-order valence-corrected chi connectivity index (χ4v) is 0.764. The van der Waals surface area contributed by atoms with Gasteiger partial charge in [0, 0.05) is 0 Å². The summed E-state index contributed by atoms with van der Waals surface area (Å²) in [6.45, 7) is 0. The monoisotopic (exact) mass is 150 g/mol. The number of Topliss-reactive ketones (excluding diaryl/α,β-unsaturated/α-hetero) is 1. The van der Waals surface area contributed by atoms with Crippen LogP contribution in [0.2, 0.25) is 0 Å². The summed E-state index contributed by atoms with van der Waals surface area (Å²) in [4.78, 5) is 28.7. The molecule has 1 amide bonds. The number of aliphatic imine (C=N–C) groups is 2. The molecule has 0 radical (unpaired) electrons. The van der Waals surface area contributed by atoms with Crippen molar-refractivity contribution in [1.82, 2.24) is 5.43 Å². The van der Waals surface area contributed by atoms with Crippen LogP contribution < -0.4 is 5.43 Å². The van der Waals surface area contributed by atoms with Crippen molar-refractivity contribution in [2.45, 2.75) is 0 Å². The third-order valence-electron chi connectivity index (χ3n) is 1.26. The van der Waals surface area contributed by atoms with E-state index in [-0.39, 0.29) is 11.5 Å². The van der Waals surface area contributed by atoms with E-state index in [1.54, 1.807) is 0 Å². The number of amides is 1. The van der Waals surface area contributed by atoms with Crippen LogP contribution in [0.25, 0.3) is 0 Å². The lowest BCUT2D eigenvalue weighted by Crippen LogP contribution is -2.41. The van der Waals surface area contributed by atoms with Crippen LogP contribution in [-0.4, -0.2) is 29.6 Å². The highest BCUT2D eigenvalue weighted by molar-refractivity contribution is 6.82. The van der Waals surface area contributed by atoms with Gasteiger partial charge in [0.25, 0.3) is 5.78 Å². The Morgan fingerprint density at radius 3 is 3.00 bits per heavy atom. The first-order chi connectivity index (χ1) is 5.29. The zero-order valence-electron chi connectivity index (χ0n) is 5.24. The summed E-state index contributed by atoms with van der Waals surface area (Å²) in [5.74, 6) is -1.28. The number of fused-ring (bicyclic) bond motifs is 1. The molecule has 0 unspecified atom stereocenters. The van der Waals surface area contributed by atoms with Crippen molar-refractivity contribution in [2.24, 2.45) is 15.1 Å². The molecule has 2 rings (SSSR count). The predicted octanol–water partition coefficient (Wildman–Crippen LogP) is -1.52. The van der Waals surface area contributed by atoms with Gasteiger partial charge in [-0.15, -0.1) is 5.10 Å². The largest absolute Gasteiger partial charge is 0.314 e. The number of carbonyl (C=O) groups is 2. The van der Waals surface area contributed by atoms with Gasteiger partial charge in [0.1, 0.15) is 6.34 Å². The number of nitrogens with one attached hydrogen (secondary N) is 1. The lowest BCUT2D eigenvalue weighted by molar-refractivity contribution is -0.134. The van der Waals surface area contributed by atoms with Crippen LogP contribution in [0.1, 0.15) is 0 Å². The van der Waals surface area contributed by atoms with Gasteiger partial charge >= 0.3 is 5.91 Å². The van der Waals surface area contributed by atoms with Crippen molar-refractivity contribution in [1.29, 1.82) is 0 Å². The van der Waals surface area contributed by atoms with Crippen LogP contribution in [0.5, 0.6) is 0 Å². The zero-order chi connectivity index (χ0) is 7.84. The van der Waals surface area contributed by atoms with Gasteiger partial charge in [0.15, 0.2) is 5.71 Å². The molecule has 2 aliphatic rings. The van der Waals surface area contributed by atoms with Crippen LogP contribution >= 0.6 is 0 Å². The lowest BCUT2D eigenvalue weighted by atomic mass is 10.2. The van der Waals surface area contributed by atoms with Crippen LogP contribution in [0, 0.1) is 0 Å². The average Bonchev–Trinajstić information content (AvgIpc) is 2.45. The minimum Gasteiger partial charge on any atom is -0.281 e. The highest BCUT2D eigenvalue weighted by Gasteiger charge is 2.30. The first-order valence-corrected chi connectivity index (χ1v) is 2.82. The third kappa shape index (κ3) is 0.689. The van der Waals surface area contributed by atoms with E-state index in [0.29, 0.717) is 0 Å². The minimum absolute atomic E-state index is 0.0220. The standard InChI is InChI=1S/C5H2N4O2/c10-3-2-4(7-1-6-2)8-9-5(3)11/h1H,(H,9,11). The van der Waals surface area contributed by atoms with Crippen LogP contribution in [-0.2, 0) is 9.59 Å². The Kier molecular flexibility index (Phi) is 0.974. The Morgan fingerprint density at radius 2 is 2.18 bits per heavy atom. The molecule has 0 fully saturated rings. The molecule has 54 valence electrons. The Hall–Kier alpha value is -1.85. The molecule has 2 heterocycles. The summed E-state index contributed by atoms with van der Waals surface area (Å²) >= 11 is 0. The van der Waals surface area contributed by atoms with Crippen LogP contribution in [0.15, 0.2) is 15.1 Å². The smallest absolute Gasteiger partial charge is 0.281 e. The summed E-state index contributed by atoms with van der Waals surface area (Å²) in [6, 6.07) is 0. The topological polar surface area (TPSA) is 83.2 Å². The van der Waals surface area contributed by atoms with Crippen molar-refractivity contribution in [3.63, 3.8) is 0 Å². The molecule has 0 aliphatic carbocycles. The van der Waals surface area contributed by atoms with Crippen molar-refractivity contribution in [3.8, 4) is 0 Å². The van der Waals surface area contributed by atoms with E-state index in [1.807, 2.05) is 5.43 Å². The number of hydrogen-bond acceptors (Lipinski definition) is 5. The van der Waals surface area contributed by atoms with E-state index in [9.17, 15) is 9.59 Å². The summed E-state index contributed by atoms with van der Waals surface area (Å²) in [5, 5.41) is 3.49. The van der Waals surface area contributed by atoms with Crippen LogP contribution in [0.4, 0.5) is 0 Å². The number of hydrazone groups is 1. The maximum atomic E-state index is 10.9. The van der Waals surface area contributed by atoms with Gasteiger partial charge in [0.05, 0.1) is 0 Å². The van der Waals surface area contributed by atoms with Crippen molar-refractivity contribution < 1.29 is 9.59 Å². The zero-order valence-corrected chi connectivity index (χ0v) is 5.24. The van der Waals surface area contributed by atoms with E-state index in [1.165, 1.54) is 6.34 Å². The molecule has 2 aliphatic heterocycles. The number of carbonyl (C=O) groups excluding carboxylic acids is 2. The number of hydrogen-bond donors (Lipinski definition) is 1. The van der Waals surface area contributed by atoms with Gasteiger partial charge in [-0.2, -0.15) is 0 Å².